The summed E-state index contributed by atoms with van der Waals surface area (Å²) in [6.45, 7) is 3.41. The smallest absolute Gasteiger partial charge is 0.322 e. The highest BCUT2D eigenvalue weighted by atomic mass is 32.1. The van der Waals surface area contributed by atoms with Gasteiger partial charge in [0.2, 0.25) is 5.91 Å². The number of urea groups is 1. The summed E-state index contributed by atoms with van der Waals surface area (Å²) in [5.41, 5.74) is 1.99. The number of ether oxygens (including phenoxy) is 2. The zero-order chi connectivity index (χ0) is 27.3. The van der Waals surface area contributed by atoms with Gasteiger partial charge in [0.1, 0.15) is 6.54 Å². The maximum absolute atomic E-state index is 13.6. The average molecular weight is 535 g/mol. The van der Waals surface area contributed by atoms with Crippen LogP contribution < -0.4 is 14.8 Å². The summed E-state index contributed by atoms with van der Waals surface area (Å²) in [5.74, 6) is 1.17. The predicted octanol–water partition coefficient (Wildman–Crippen LogP) is 5.54. The van der Waals surface area contributed by atoms with E-state index in [0.717, 1.165) is 23.3 Å². The van der Waals surface area contributed by atoms with E-state index in [1.54, 1.807) is 59.6 Å². The number of rotatable bonds is 13. The average Bonchev–Trinajstić information content (AvgIpc) is 3.46. The van der Waals surface area contributed by atoms with E-state index in [1.165, 1.54) is 0 Å². The lowest BCUT2D eigenvalue weighted by atomic mass is 10.1. The summed E-state index contributed by atoms with van der Waals surface area (Å²) in [4.78, 5) is 31.1. The minimum atomic E-state index is -0.363. The van der Waals surface area contributed by atoms with Crippen molar-refractivity contribution in [3.63, 3.8) is 0 Å². The molecule has 200 valence electrons. The van der Waals surface area contributed by atoms with Gasteiger partial charge in [-0.2, -0.15) is 5.26 Å². The van der Waals surface area contributed by atoms with Crippen molar-refractivity contribution in [1.29, 1.82) is 5.26 Å². The Kier molecular flexibility index (Phi) is 11.0. The molecule has 3 amide bonds. The molecule has 1 N–H and O–H groups in total. The van der Waals surface area contributed by atoms with Crippen molar-refractivity contribution >= 4 is 29.0 Å². The molecule has 8 nitrogen and oxygen atoms in total. The molecule has 0 spiro atoms. The van der Waals surface area contributed by atoms with Gasteiger partial charge < -0.3 is 24.6 Å². The zero-order valence-electron chi connectivity index (χ0n) is 22.1. The molecule has 0 atom stereocenters. The Bertz CT molecular complexity index is 1240. The lowest BCUT2D eigenvalue weighted by molar-refractivity contribution is -0.132. The van der Waals surface area contributed by atoms with Crippen molar-refractivity contribution in [3.05, 3.63) is 76.0 Å². The van der Waals surface area contributed by atoms with Gasteiger partial charge in [0.05, 0.1) is 32.4 Å². The van der Waals surface area contributed by atoms with Crippen LogP contribution in [0.1, 0.15) is 35.8 Å². The minimum Gasteiger partial charge on any atom is -0.493 e. The molecule has 0 saturated carbocycles. The number of hydrogen-bond donors (Lipinski definition) is 1. The van der Waals surface area contributed by atoms with Crippen LogP contribution in [-0.2, 0) is 17.8 Å². The molecule has 0 bridgehead atoms. The summed E-state index contributed by atoms with van der Waals surface area (Å²) >= 11 is 1.60. The van der Waals surface area contributed by atoms with Crippen molar-refractivity contribution in [1.82, 2.24) is 9.80 Å². The van der Waals surface area contributed by atoms with Gasteiger partial charge in [-0.25, -0.2) is 4.79 Å². The van der Waals surface area contributed by atoms with E-state index in [4.69, 9.17) is 14.7 Å². The second-order valence-corrected chi connectivity index (χ2v) is 9.76. The van der Waals surface area contributed by atoms with Crippen molar-refractivity contribution in [2.75, 3.05) is 39.2 Å². The number of hydrogen-bond acceptors (Lipinski definition) is 6. The van der Waals surface area contributed by atoms with E-state index in [9.17, 15) is 9.59 Å². The van der Waals surface area contributed by atoms with E-state index in [-0.39, 0.29) is 18.5 Å². The van der Waals surface area contributed by atoms with Gasteiger partial charge in [0, 0.05) is 23.7 Å². The second kappa shape index (κ2) is 14.6. The normalized spacial score (nSPS) is 10.4. The third-order valence-corrected chi connectivity index (χ3v) is 6.90. The molecule has 0 radical (unpaired) electrons. The van der Waals surface area contributed by atoms with E-state index in [1.807, 2.05) is 42.6 Å². The number of thiophene rings is 1. The van der Waals surface area contributed by atoms with Crippen LogP contribution >= 0.6 is 11.3 Å². The molecule has 0 aliphatic carbocycles. The molecule has 0 aliphatic rings. The number of benzene rings is 2. The lowest BCUT2D eigenvalue weighted by Crippen LogP contribution is -2.45. The maximum Gasteiger partial charge on any atom is 0.322 e. The number of nitrogens with one attached hydrogen (secondary N) is 1. The molecule has 9 heteroatoms. The standard InChI is InChI=1S/C29H34N4O4S/c1-4-5-14-33(29(35)31-24-9-6-8-23(17-24)19-30)21-28(34)32(20-25-10-7-16-38-25)15-13-22-11-12-26(36-2)27(18-22)37-3/h6-12,16-18H,4-5,13-15,20-21H2,1-3H3,(H,31,35). The van der Waals surface area contributed by atoms with E-state index >= 15 is 0 Å². The Morgan fingerprint density at radius 2 is 1.82 bits per heavy atom. The van der Waals surface area contributed by atoms with Crippen molar-refractivity contribution in [3.8, 4) is 17.6 Å². The number of nitrogens with zero attached hydrogens (tertiary/aromatic N) is 3. The van der Waals surface area contributed by atoms with Gasteiger partial charge in [-0.15, -0.1) is 11.3 Å². The SMILES string of the molecule is CCCCN(CC(=O)N(CCc1ccc(OC)c(OC)c1)Cc1cccs1)C(=O)Nc1cccc(C#N)c1. The quantitative estimate of drug-likeness (QED) is 0.311. The molecule has 2 aromatic carbocycles. The number of carbonyl (C=O) groups is 2. The van der Waals surface area contributed by atoms with Crippen molar-refractivity contribution in [2.45, 2.75) is 32.7 Å². The Balaban J connectivity index is 1.74. The van der Waals surface area contributed by atoms with Gasteiger partial charge in [0.25, 0.3) is 0 Å². The van der Waals surface area contributed by atoms with Crippen LogP contribution in [0.15, 0.2) is 60.0 Å². The van der Waals surface area contributed by atoms with Gasteiger partial charge >= 0.3 is 6.03 Å². The third kappa shape index (κ3) is 8.25. The molecular formula is C29H34N4O4S. The van der Waals surface area contributed by atoms with E-state index in [0.29, 0.717) is 48.8 Å². The number of carbonyl (C=O) groups excluding carboxylic acids is 2. The first-order valence-corrected chi connectivity index (χ1v) is 13.4. The Morgan fingerprint density at radius 3 is 2.50 bits per heavy atom. The molecule has 1 aromatic heterocycles. The van der Waals surface area contributed by atoms with E-state index in [2.05, 4.69) is 11.4 Å². The highest BCUT2D eigenvalue weighted by Crippen LogP contribution is 2.28. The summed E-state index contributed by atoms with van der Waals surface area (Å²) in [5, 5.41) is 14.0. The molecule has 1 heterocycles. The fraction of sp³-hybridized carbons (Fsp3) is 0.345. The van der Waals surface area contributed by atoms with Crippen LogP contribution in [0.2, 0.25) is 0 Å². The molecule has 0 aliphatic heterocycles. The molecule has 38 heavy (non-hydrogen) atoms. The number of amides is 3. The van der Waals surface area contributed by atoms with Crippen LogP contribution in [0.3, 0.4) is 0 Å². The number of unbranched alkanes of at least 4 members (excludes halogenated alkanes) is 1. The first-order chi connectivity index (χ1) is 18.5. The van der Waals surface area contributed by atoms with Crippen LogP contribution in [0, 0.1) is 11.3 Å². The van der Waals surface area contributed by atoms with Crippen LogP contribution in [0.5, 0.6) is 11.5 Å². The zero-order valence-corrected chi connectivity index (χ0v) is 22.9. The number of anilines is 1. The summed E-state index contributed by atoms with van der Waals surface area (Å²) in [6.07, 6.45) is 2.29. The highest BCUT2D eigenvalue weighted by Gasteiger charge is 2.22. The van der Waals surface area contributed by atoms with E-state index < -0.39 is 0 Å². The molecule has 0 saturated heterocycles. The largest absolute Gasteiger partial charge is 0.493 e. The predicted molar refractivity (Wildman–Crippen MR) is 150 cm³/mol. The molecular weight excluding hydrogens is 500 g/mol. The van der Waals surface area contributed by atoms with Gasteiger partial charge in [-0.1, -0.05) is 31.5 Å². The minimum absolute atomic E-state index is 0.0406. The Labute approximate surface area is 228 Å². The summed E-state index contributed by atoms with van der Waals surface area (Å²) in [7, 11) is 3.19. The second-order valence-electron chi connectivity index (χ2n) is 8.73. The topological polar surface area (TPSA) is 94.9 Å². The van der Waals surface area contributed by atoms with Crippen LogP contribution in [-0.4, -0.2) is 55.6 Å². The highest BCUT2D eigenvalue weighted by molar-refractivity contribution is 7.09. The third-order valence-electron chi connectivity index (χ3n) is 6.04. The van der Waals surface area contributed by atoms with Gasteiger partial charge in [0.15, 0.2) is 11.5 Å². The fourth-order valence-electron chi connectivity index (χ4n) is 3.92. The van der Waals surface area contributed by atoms with Crippen LogP contribution in [0.25, 0.3) is 0 Å². The maximum atomic E-state index is 13.6. The van der Waals surface area contributed by atoms with Crippen molar-refractivity contribution in [2.24, 2.45) is 0 Å². The Hall–Kier alpha value is -4.03. The number of nitriles is 1. The van der Waals surface area contributed by atoms with Crippen molar-refractivity contribution < 1.29 is 19.1 Å². The first-order valence-electron chi connectivity index (χ1n) is 12.5. The summed E-state index contributed by atoms with van der Waals surface area (Å²) in [6, 6.07) is 18.2. The fourth-order valence-corrected chi connectivity index (χ4v) is 4.64. The first kappa shape index (κ1) is 28.5. The molecule has 3 aromatic rings. The number of methoxy groups -OCH3 is 2. The molecule has 0 unspecified atom stereocenters. The molecule has 0 fully saturated rings. The van der Waals surface area contributed by atoms with Gasteiger partial charge in [-0.3, -0.25) is 4.79 Å². The monoisotopic (exact) mass is 534 g/mol. The molecule has 3 rings (SSSR count). The lowest BCUT2D eigenvalue weighted by Gasteiger charge is -2.28. The summed E-state index contributed by atoms with van der Waals surface area (Å²) < 4.78 is 10.8. The van der Waals surface area contributed by atoms with Crippen LogP contribution in [0.4, 0.5) is 10.5 Å². The Morgan fingerprint density at radius 1 is 1.00 bits per heavy atom. The van der Waals surface area contributed by atoms with Gasteiger partial charge in [-0.05, 0) is 60.2 Å².